The molecule has 0 aliphatic carbocycles. The number of rotatable bonds is 4. The fourth-order valence-electron chi connectivity index (χ4n) is 1.18. The average Bonchev–Trinajstić information content (AvgIpc) is 2.83. The molecular weight excluding hydrogens is 206 g/mol. The molecule has 2 N–H and O–H groups in total. The van der Waals surface area contributed by atoms with E-state index in [1.54, 1.807) is 18.6 Å². The van der Waals surface area contributed by atoms with Crippen molar-refractivity contribution in [3.05, 3.63) is 24.5 Å². The fraction of sp³-hybridized carbons (Fsp3) is 0.300. The van der Waals surface area contributed by atoms with Gasteiger partial charge < -0.3 is 10.1 Å². The van der Waals surface area contributed by atoms with E-state index in [4.69, 9.17) is 4.74 Å². The Morgan fingerprint density at radius 1 is 1.62 bits per heavy atom. The van der Waals surface area contributed by atoms with E-state index < -0.39 is 0 Å². The number of aliphatic imine (C=N–C) groups is 1. The second kappa shape index (κ2) is 5.69. The molecule has 0 unspecified atom stereocenters. The molecule has 0 aromatic carbocycles. The van der Waals surface area contributed by atoms with Crippen LogP contribution in [0, 0.1) is 0 Å². The van der Waals surface area contributed by atoms with E-state index in [-0.39, 0.29) is 0 Å². The van der Waals surface area contributed by atoms with Crippen LogP contribution in [0.15, 0.2) is 34.6 Å². The molecule has 6 heteroatoms. The van der Waals surface area contributed by atoms with Crippen molar-refractivity contribution in [1.82, 2.24) is 15.7 Å². The van der Waals surface area contributed by atoms with E-state index >= 15 is 0 Å². The minimum absolute atomic E-state index is 0.395. The van der Waals surface area contributed by atoms with Gasteiger partial charge >= 0.3 is 0 Å². The van der Waals surface area contributed by atoms with Crippen molar-refractivity contribution in [1.29, 1.82) is 0 Å². The summed E-state index contributed by atoms with van der Waals surface area (Å²) < 4.78 is 5.36. The Morgan fingerprint density at radius 3 is 3.38 bits per heavy atom. The molecule has 1 aromatic heterocycles. The SMILES string of the molecule is C(COc1cccnc1)=NNC1=NCCN1. The molecule has 0 fully saturated rings. The lowest BCUT2D eigenvalue weighted by molar-refractivity contribution is 0.378. The smallest absolute Gasteiger partial charge is 0.212 e. The summed E-state index contributed by atoms with van der Waals surface area (Å²) in [4.78, 5) is 8.05. The summed E-state index contributed by atoms with van der Waals surface area (Å²) in [6.07, 6.45) is 4.99. The highest BCUT2D eigenvalue weighted by Crippen LogP contribution is 2.04. The first-order valence-corrected chi connectivity index (χ1v) is 5.04. The maximum Gasteiger partial charge on any atom is 0.212 e. The Hall–Kier alpha value is -2.11. The van der Waals surface area contributed by atoms with Crippen molar-refractivity contribution in [3.63, 3.8) is 0 Å². The van der Waals surface area contributed by atoms with Crippen LogP contribution in [0.5, 0.6) is 5.75 Å². The van der Waals surface area contributed by atoms with Crippen LogP contribution in [0.25, 0.3) is 0 Å². The quantitative estimate of drug-likeness (QED) is 0.552. The van der Waals surface area contributed by atoms with Crippen LogP contribution in [0.1, 0.15) is 0 Å². The molecule has 0 atom stereocenters. The van der Waals surface area contributed by atoms with Crippen molar-refractivity contribution in [2.75, 3.05) is 19.7 Å². The second-order valence-electron chi connectivity index (χ2n) is 3.08. The van der Waals surface area contributed by atoms with Crippen LogP contribution in [0.3, 0.4) is 0 Å². The van der Waals surface area contributed by atoms with Crippen LogP contribution >= 0.6 is 0 Å². The summed E-state index contributed by atoms with van der Waals surface area (Å²) in [5, 5.41) is 6.99. The Morgan fingerprint density at radius 2 is 2.62 bits per heavy atom. The van der Waals surface area contributed by atoms with E-state index in [1.165, 1.54) is 0 Å². The summed E-state index contributed by atoms with van der Waals surface area (Å²) in [5.74, 6) is 1.43. The van der Waals surface area contributed by atoms with Gasteiger partial charge in [0.05, 0.1) is 19.0 Å². The van der Waals surface area contributed by atoms with Gasteiger partial charge in [-0.05, 0) is 12.1 Å². The first-order chi connectivity index (χ1) is 7.95. The fourth-order valence-corrected chi connectivity index (χ4v) is 1.18. The van der Waals surface area contributed by atoms with Crippen LogP contribution in [0.4, 0.5) is 0 Å². The molecule has 1 aliphatic heterocycles. The molecule has 0 amide bonds. The van der Waals surface area contributed by atoms with Gasteiger partial charge in [-0.3, -0.25) is 4.98 Å². The van der Waals surface area contributed by atoms with Crippen LogP contribution in [0.2, 0.25) is 0 Å². The third kappa shape index (κ3) is 3.23. The Labute approximate surface area is 93.4 Å². The second-order valence-corrected chi connectivity index (χ2v) is 3.08. The predicted molar refractivity (Wildman–Crippen MR) is 61.7 cm³/mol. The van der Waals surface area contributed by atoms with Crippen LogP contribution in [-0.2, 0) is 0 Å². The molecule has 1 aliphatic rings. The zero-order valence-electron chi connectivity index (χ0n) is 8.76. The zero-order valence-corrected chi connectivity index (χ0v) is 8.76. The summed E-state index contributed by atoms with van der Waals surface area (Å²) in [7, 11) is 0. The molecule has 1 aromatic rings. The van der Waals surface area contributed by atoms with Crippen molar-refractivity contribution in [3.8, 4) is 5.75 Å². The van der Waals surface area contributed by atoms with Gasteiger partial charge in [-0.1, -0.05) is 0 Å². The predicted octanol–water partition coefficient (Wildman–Crippen LogP) is -0.00500. The van der Waals surface area contributed by atoms with E-state index in [9.17, 15) is 0 Å². The first-order valence-electron chi connectivity index (χ1n) is 5.04. The van der Waals surface area contributed by atoms with Crippen molar-refractivity contribution >= 4 is 12.2 Å². The molecule has 2 rings (SSSR count). The Bertz CT molecular complexity index is 376. The number of ether oxygens (including phenoxy) is 1. The minimum Gasteiger partial charge on any atom is -0.486 e. The monoisotopic (exact) mass is 219 g/mol. The van der Waals surface area contributed by atoms with Gasteiger partial charge in [0.2, 0.25) is 5.96 Å². The number of hydrogen-bond acceptors (Lipinski definition) is 6. The number of hydrogen-bond donors (Lipinski definition) is 2. The Kier molecular flexibility index (Phi) is 3.70. The molecule has 84 valence electrons. The minimum atomic E-state index is 0.395. The van der Waals surface area contributed by atoms with Gasteiger partial charge in [0.25, 0.3) is 0 Å². The number of pyridine rings is 1. The lowest BCUT2D eigenvalue weighted by Crippen LogP contribution is -2.30. The van der Waals surface area contributed by atoms with E-state index in [0.29, 0.717) is 12.6 Å². The largest absolute Gasteiger partial charge is 0.486 e. The Balaban J connectivity index is 1.66. The molecule has 0 saturated carbocycles. The average molecular weight is 219 g/mol. The number of aromatic nitrogens is 1. The van der Waals surface area contributed by atoms with E-state index in [2.05, 4.69) is 25.8 Å². The summed E-state index contributed by atoms with van der Waals surface area (Å²) in [6, 6.07) is 3.67. The molecule has 16 heavy (non-hydrogen) atoms. The zero-order chi connectivity index (χ0) is 11.1. The van der Waals surface area contributed by atoms with Crippen LogP contribution < -0.4 is 15.5 Å². The maximum atomic E-state index is 5.36. The molecule has 2 heterocycles. The normalized spacial score (nSPS) is 14.6. The van der Waals surface area contributed by atoms with Crippen molar-refractivity contribution < 1.29 is 4.74 Å². The number of nitrogens with zero attached hydrogens (tertiary/aromatic N) is 3. The summed E-state index contributed by atoms with van der Waals surface area (Å²) >= 11 is 0. The van der Waals surface area contributed by atoms with Gasteiger partial charge in [-0.15, -0.1) is 0 Å². The van der Waals surface area contributed by atoms with Crippen molar-refractivity contribution in [2.45, 2.75) is 0 Å². The molecule has 6 nitrogen and oxygen atoms in total. The molecule has 0 spiro atoms. The van der Waals surface area contributed by atoms with Gasteiger partial charge in [0.1, 0.15) is 12.4 Å². The summed E-state index contributed by atoms with van der Waals surface area (Å²) in [5.41, 5.74) is 2.78. The topological polar surface area (TPSA) is 70.9 Å². The summed E-state index contributed by atoms with van der Waals surface area (Å²) in [6.45, 7) is 2.06. The molecular formula is C10H13N5O. The van der Waals surface area contributed by atoms with Gasteiger partial charge in [0.15, 0.2) is 0 Å². The standard InChI is InChI=1S/C10H13N5O/c1-2-9(8-11-3-1)16-7-6-14-15-10-12-4-5-13-10/h1-3,6,8H,4-5,7H2,(H2,12,13,15). The van der Waals surface area contributed by atoms with Gasteiger partial charge in [-0.25, -0.2) is 10.4 Å². The highest BCUT2D eigenvalue weighted by Gasteiger charge is 2.00. The lowest BCUT2D eigenvalue weighted by atomic mass is 10.5. The van der Waals surface area contributed by atoms with Crippen LogP contribution in [-0.4, -0.2) is 36.9 Å². The van der Waals surface area contributed by atoms with Gasteiger partial charge in [0, 0.05) is 12.7 Å². The van der Waals surface area contributed by atoms with Crippen molar-refractivity contribution in [2.24, 2.45) is 10.1 Å². The third-order valence-electron chi connectivity index (χ3n) is 1.89. The molecule has 0 radical (unpaired) electrons. The maximum absolute atomic E-state index is 5.36. The highest BCUT2D eigenvalue weighted by molar-refractivity contribution is 5.81. The van der Waals surface area contributed by atoms with Gasteiger partial charge in [-0.2, -0.15) is 5.10 Å². The lowest BCUT2D eigenvalue weighted by Gasteiger charge is -2.01. The highest BCUT2D eigenvalue weighted by atomic mass is 16.5. The third-order valence-corrected chi connectivity index (χ3v) is 1.89. The molecule has 0 saturated heterocycles. The first kappa shape index (κ1) is 10.4. The van der Waals surface area contributed by atoms with E-state index in [0.717, 1.165) is 18.8 Å². The number of nitrogens with one attached hydrogen (secondary N) is 2. The number of guanidine groups is 1. The molecule has 0 bridgehead atoms. The number of hydrazone groups is 1. The van der Waals surface area contributed by atoms with E-state index in [1.807, 2.05) is 12.1 Å².